The van der Waals surface area contributed by atoms with Crippen LogP contribution in [0.5, 0.6) is 0 Å². The molecular formula is C66H40N4. The Morgan fingerprint density at radius 3 is 1.40 bits per heavy atom. The van der Waals surface area contributed by atoms with E-state index in [1.807, 2.05) is 48.5 Å². The van der Waals surface area contributed by atoms with Gasteiger partial charge in [0, 0.05) is 16.7 Å². The van der Waals surface area contributed by atoms with Crippen molar-refractivity contribution in [2.45, 2.75) is 0 Å². The molecule has 0 spiro atoms. The van der Waals surface area contributed by atoms with Gasteiger partial charge in [-0.1, -0.05) is 212 Å². The highest BCUT2D eigenvalue weighted by molar-refractivity contribution is 6.18. The van der Waals surface area contributed by atoms with Crippen molar-refractivity contribution in [1.29, 1.82) is 5.26 Å². The highest BCUT2D eigenvalue weighted by Crippen LogP contribution is 2.49. The summed E-state index contributed by atoms with van der Waals surface area (Å²) in [7, 11) is 0. The average molecular weight is 889 g/mol. The quantitative estimate of drug-likeness (QED) is 0.152. The van der Waals surface area contributed by atoms with Gasteiger partial charge in [0.05, 0.1) is 11.6 Å². The van der Waals surface area contributed by atoms with Crippen LogP contribution in [0.1, 0.15) is 5.56 Å². The van der Waals surface area contributed by atoms with Gasteiger partial charge >= 0.3 is 0 Å². The number of hydrogen-bond acceptors (Lipinski definition) is 4. The lowest BCUT2D eigenvalue weighted by molar-refractivity contribution is 1.07. The largest absolute Gasteiger partial charge is 0.208 e. The summed E-state index contributed by atoms with van der Waals surface area (Å²) >= 11 is 0. The number of rotatable bonds is 8. The first kappa shape index (κ1) is 40.7. The summed E-state index contributed by atoms with van der Waals surface area (Å²) in [5.41, 5.74) is 19.1. The highest BCUT2D eigenvalue weighted by Gasteiger charge is 2.23. The Labute approximate surface area is 406 Å². The van der Waals surface area contributed by atoms with Crippen molar-refractivity contribution in [1.82, 2.24) is 15.0 Å². The van der Waals surface area contributed by atoms with Gasteiger partial charge in [-0.3, -0.25) is 0 Å². The van der Waals surface area contributed by atoms with Crippen molar-refractivity contribution >= 4 is 21.5 Å². The normalized spacial score (nSPS) is 11.4. The molecule has 1 heterocycles. The second kappa shape index (κ2) is 16.9. The summed E-state index contributed by atoms with van der Waals surface area (Å²) in [4.78, 5) is 15.6. The summed E-state index contributed by atoms with van der Waals surface area (Å²) in [5, 5.41) is 15.1. The molecule has 0 radical (unpaired) electrons. The monoisotopic (exact) mass is 888 g/mol. The fourth-order valence-corrected chi connectivity index (χ4v) is 10.4. The third-order valence-corrected chi connectivity index (χ3v) is 13.7. The van der Waals surface area contributed by atoms with Gasteiger partial charge in [-0.2, -0.15) is 5.26 Å². The van der Waals surface area contributed by atoms with Crippen LogP contribution in [0.3, 0.4) is 0 Å². The van der Waals surface area contributed by atoms with Gasteiger partial charge in [0.25, 0.3) is 0 Å². The van der Waals surface area contributed by atoms with Crippen LogP contribution in [0.2, 0.25) is 0 Å². The molecule has 0 amide bonds. The molecule has 70 heavy (non-hydrogen) atoms. The third-order valence-electron chi connectivity index (χ3n) is 13.7. The number of nitrogens with zero attached hydrogens (tertiary/aromatic N) is 4. The van der Waals surface area contributed by atoms with Gasteiger partial charge in [-0.25, -0.2) is 15.0 Å². The molecule has 11 aromatic carbocycles. The van der Waals surface area contributed by atoms with E-state index < -0.39 is 0 Å². The van der Waals surface area contributed by atoms with E-state index >= 15 is 0 Å². The SMILES string of the molecule is N#Cc1ccc(-c2cccc(-c3ccccc3-c3nc(-c4ccccc4)nc(-c4cccc(-c5cccc6ccccc56)c4)n3)c2)c(-c2cccc(-c3ccc4c5c(cccc35)-c3ccccc3-4)c2)c1. The zero-order valence-electron chi connectivity index (χ0n) is 37.9. The van der Waals surface area contributed by atoms with Crippen LogP contribution in [-0.4, -0.2) is 15.0 Å². The molecule has 0 saturated heterocycles. The summed E-state index contributed by atoms with van der Waals surface area (Å²) in [6, 6.07) is 87.6. The molecule has 0 fully saturated rings. The predicted octanol–water partition coefficient (Wildman–Crippen LogP) is 17.0. The van der Waals surface area contributed by atoms with Crippen molar-refractivity contribution in [3.8, 4) is 118 Å². The van der Waals surface area contributed by atoms with E-state index in [1.165, 1.54) is 49.4 Å². The maximum atomic E-state index is 10.2. The van der Waals surface area contributed by atoms with Crippen molar-refractivity contribution in [2.75, 3.05) is 0 Å². The summed E-state index contributed by atoms with van der Waals surface area (Å²) in [6.07, 6.45) is 0. The minimum atomic E-state index is 0.586. The lowest BCUT2D eigenvalue weighted by Gasteiger charge is -2.16. The van der Waals surface area contributed by atoms with Gasteiger partial charge in [0.1, 0.15) is 0 Å². The Balaban J connectivity index is 0.907. The molecule has 12 aromatic rings. The molecular weight excluding hydrogens is 849 g/mol. The van der Waals surface area contributed by atoms with Crippen molar-refractivity contribution in [3.05, 3.63) is 248 Å². The van der Waals surface area contributed by atoms with E-state index in [0.717, 1.165) is 66.8 Å². The second-order valence-corrected chi connectivity index (χ2v) is 17.8. The number of nitriles is 1. The van der Waals surface area contributed by atoms with Crippen molar-refractivity contribution in [2.24, 2.45) is 0 Å². The molecule has 0 atom stereocenters. The molecule has 4 nitrogen and oxygen atoms in total. The van der Waals surface area contributed by atoms with E-state index in [1.54, 1.807) is 0 Å². The van der Waals surface area contributed by atoms with Crippen LogP contribution in [0.25, 0.3) is 134 Å². The molecule has 0 N–H and O–H groups in total. The average Bonchev–Trinajstić information content (AvgIpc) is 3.77. The molecule has 0 bridgehead atoms. The lowest BCUT2D eigenvalue weighted by atomic mass is 9.88. The van der Waals surface area contributed by atoms with Crippen molar-refractivity contribution < 1.29 is 0 Å². The summed E-state index contributed by atoms with van der Waals surface area (Å²) in [6.45, 7) is 0. The van der Waals surface area contributed by atoms with E-state index in [9.17, 15) is 5.26 Å². The minimum Gasteiger partial charge on any atom is -0.208 e. The van der Waals surface area contributed by atoms with E-state index in [4.69, 9.17) is 15.0 Å². The van der Waals surface area contributed by atoms with E-state index in [-0.39, 0.29) is 0 Å². The van der Waals surface area contributed by atoms with Gasteiger partial charge in [0.15, 0.2) is 17.5 Å². The molecule has 0 unspecified atom stereocenters. The first-order chi connectivity index (χ1) is 34.6. The number of aromatic nitrogens is 3. The lowest BCUT2D eigenvalue weighted by Crippen LogP contribution is -2.01. The minimum absolute atomic E-state index is 0.586. The topological polar surface area (TPSA) is 62.5 Å². The standard InChI is InChI=1S/C66H40N4/c67-41-42-33-34-55(62(37-42)49-23-11-20-46(39-49)54-35-36-60-57-28-8-7-27-56(57)59-32-14-31-58(54)63(59)60)47-21-10-19-45(38-47)53-26-6-9-29-61(53)66-69-64(44-16-2-1-3-17-44)68-65(70-66)50-24-12-22-48(40-50)52-30-13-18-43-15-4-5-25-51(43)52/h1-40H. The van der Waals surface area contributed by atoms with Crippen LogP contribution in [-0.2, 0) is 0 Å². The first-order valence-electron chi connectivity index (χ1n) is 23.6. The van der Waals surface area contributed by atoms with Crippen LogP contribution >= 0.6 is 0 Å². The second-order valence-electron chi connectivity index (χ2n) is 17.8. The van der Waals surface area contributed by atoms with Crippen LogP contribution in [0, 0.1) is 11.3 Å². The molecule has 1 aliphatic carbocycles. The Morgan fingerprint density at radius 1 is 0.257 bits per heavy atom. The molecule has 1 aliphatic rings. The summed E-state index contributed by atoms with van der Waals surface area (Å²) < 4.78 is 0. The molecule has 324 valence electrons. The Kier molecular flexibility index (Phi) is 9.85. The van der Waals surface area contributed by atoms with Crippen LogP contribution in [0.15, 0.2) is 243 Å². The smallest absolute Gasteiger partial charge is 0.164 e. The third kappa shape index (κ3) is 7.04. The number of hydrogen-bond donors (Lipinski definition) is 0. The van der Waals surface area contributed by atoms with Gasteiger partial charge in [-0.15, -0.1) is 0 Å². The molecule has 0 aliphatic heterocycles. The fourth-order valence-electron chi connectivity index (χ4n) is 10.4. The first-order valence-corrected chi connectivity index (χ1v) is 23.6. The number of benzene rings is 11. The molecule has 4 heteroatoms. The van der Waals surface area contributed by atoms with Crippen LogP contribution < -0.4 is 0 Å². The van der Waals surface area contributed by atoms with Gasteiger partial charge < -0.3 is 0 Å². The van der Waals surface area contributed by atoms with E-state index in [2.05, 4.69) is 200 Å². The maximum absolute atomic E-state index is 10.2. The Bertz CT molecular complexity index is 4050. The highest BCUT2D eigenvalue weighted by atomic mass is 15.0. The molecule has 1 aromatic heterocycles. The fraction of sp³-hybridized carbons (Fsp3) is 0. The molecule has 0 saturated carbocycles. The Hall–Kier alpha value is -9.56. The van der Waals surface area contributed by atoms with Gasteiger partial charge in [-0.05, 0) is 130 Å². The molecule has 13 rings (SSSR count). The van der Waals surface area contributed by atoms with Crippen molar-refractivity contribution in [3.63, 3.8) is 0 Å². The predicted molar refractivity (Wildman–Crippen MR) is 287 cm³/mol. The van der Waals surface area contributed by atoms with E-state index in [0.29, 0.717) is 23.0 Å². The maximum Gasteiger partial charge on any atom is 0.164 e. The zero-order chi connectivity index (χ0) is 46.5. The number of fused-ring (bicyclic) bond motifs is 4. The van der Waals surface area contributed by atoms with Crippen LogP contribution in [0.4, 0.5) is 0 Å². The zero-order valence-corrected chi connectivity index (χ0v) is 37.9. The van der Waals surface area contributed by atoms with Gasteiger partial charge in [0.2, 0.25) is 0 Å². The Morgan fingerprint density at radius 2 is 0.671 bits per heavy atom. The summed E-state index contributed by atoms with van der Waals surface area (Å²) in [5.74, 6) is 1.79.